The molecule has 9 heavy (non-hydrogen) atoms. The molecule has 50 valence electrons. The molecule has 1 atom stereocenters. The van der Waals surface area contributed by atoms with Crippen molar-refractivity contribution in [1.82, 2.24) is 5.32 Å². The van der Waals surface area contributed by atoms with Gasteiger partial charge in [-0.05, 0) is 13.3 Å². The molecule has 3 heteroatoms. The Balaban J connectivity index is 2.55. The number of carboxylic acids is 1. The van der Waals surface area contributed by atoms with Crippen molar-refractivity contribution in [2.75, 3.05) is 0 Å². The van der Waals surface area contributed by atoms with Gasteiger partial charge in [0, 0.05) is 6.04 Å². The molecule has 0 aromatic carbocycles. The van der Waals surface area contributed by atoms with E-state index < -0.39 is 5.97 Å². The molecule has 1 aliphatic heterocycles. The van der Waals surface area contributed by atoms with Crippen LogP contribution in [0.2, 0.25) is 0 Å². The van der Waals surface area contributed by atoms with E-state index in [1.54, 1.807) is 6.08 Å². The summed E-state index contributed by atoms with van der Waals surface area (Å²) in [6.45, 7) is 1.95. The maximum atomic E-state index is 10.2. The third-order valence-corrected chi connectivity index (χ3v) is 1.31. The summed E-state index contributed by atoms with van der Waals surface area (Å²) in [7, 11) is 0. The first-order chi connectivity index (χ1) is 4.20. The Hall–Kier alpha value is -0.990. The Morgan fingerprint density at radius 3 is 2.89 bits per heavy atom. The molecular weight excluding hydrogens is 118 g/mol. The van der Waals surface area contributed by atoms with E-state index in [4.69, 9.17) is 5.11 Å². The zero-order chi connectivity index (χ0) is 6.85. The summed E-state index contributed by atoms with van der Waals surface area (Å²) in [4.78, 5) is 10.2. The van der Waals surface area contributed by atoms with Gasteiger partial charge in [0.15, 0.2) is 0 Å². The topological polar surface area (TPSA) is 49.3 Å². The van der Waals surface area contributed by atoms with Crippen LogP contribution in [0, 0.1) is 0 Å². The zero-order valence-corrected chi connectivity index (χ0v) is 5.22. The van der Waals surface area contributed by atoms with E-state index >= 15 is 0 Å². The van der Waals surface area contributed by atoms with E-state index in [2.05, 4.69) is 5.32 Å². The van der Waals surface area contributed by atoms with E-state index in [0.29, 0.717) is 5.70 Å². The Bertz CT molecular complexity index is 162. The van der Waals surface area contributed by atoms with Gasteiger partial charge in [-0.15, -0.1) is 0 Å². The van der Waals surface area contributed by atoms with Gasteiger partial charge in [-0.25, -0.2) is 4.79 Å². The molecule has 0 fully saturated rings. The van der Waals surface area contributed by atoms with Gasteiger partial charge >= 0.3 is 5.97 Å². The number of hydrogen-bond donors (Lipinski definition) is 2. The third-order valence-electron chi connectivity index (χ3n) is 1.31. The van der Waals surface area contributed by atoms with Gasteiger partial charge in [0.25, 0.3) is 0 Å². The Kier molecular flexibility index (Phi) is 1.42. The van der Waals surface area contributed by atoms with Gasteiger partial charge in [-0.2, -0.15) is 0 Å². The first-order valence-electron chi connectivity index (χ1n) is 2.90. The average molecular weight is 127 g/mol. The van der Waals surface area contributed by atoms with Gasteiger partial charge < -0.3 is 10.4 Å². The molecule has 0 saturated heterocycles. The van der Waals surface area contributed by atoms with Crippen molar-refractivity contribution in [2.45, 2.75) is 19.4 Å². The quantitative estimate of drug-likeness (QED) is 0.534. The van der Waals surface area contributed by atoms with Crippen molar-refractivity contribution in [3.05, 3.63) is 11.8 Å². The second-order valence-electron chi connectivity index (χ2n) is 2.20. The number of hydrogen-bond acceptors (Lipinski definition) is 2. The van der Waals surface area contributed by atoms with Crippen LogP contribution in [0.3, 0.4) is 0 Å². The summed E-state index contributed by atoms with van der Waals surface area (Å²) < 4.78 is 0. The van der Waals surface area contributed by atoms with Crippen LogP contribution >= 0.6 is 0 Å². The van der Waals surface area contributed by atoms with Crippen LogP contribution in [0.4, 0.5) is 0 Å². The normalized spacial score (nSPS) is 25.0. The lowest BCUT2D eigenvalue weighted by Crippen LogP contribution is -2.22. The summed E-state index contributed by atoms with van der Waals surface area (Å²) >= 11 is 0. The van der Waals surface area contributed by atoms with Crippen molar-refractivity contribution in [3.63, 3.8) is 0 Å². The summed E-state index contributed by atoms with van der Waals surface area (Å²) in [5, 5.41) is 11.2. The minimum atomic E-state index is -0.862. The van der Waals surface area contributed by atoms with Gasteiger partial charge in [0.1, 0.15) is 5.70 Å². The lowest BCUT2D eigenvalue weighted by atomic mass is 10.3. The first kappa shape index (κ1) is 6.13. The molecule has 0 aliphatic carbocycles. The van der Waals surface area contributed by atoms with Crippen LogP contribution in [-0.2, 0) is 4.79 Å². The fourth-order valence-corrected chi connectivity index (χ4v) is 0.827. The van der Waals surface area contributed by atoms with E-state index in [-0.39, 0.29) is 6.04 Å². The van der Waals surface area contributed by atoms with E-state index in [1.165, 1.54) is 0 Å². The minimum Gasteiger partial charge on any atom is -0.477 e. The summed E-state index contributed by atoms with van der Waals surface area (Å²) in [5.41, 5.74) is 0.336. The highest BCUT2D eigenvalue weighted by Crippen LogP contribution is 2.07. The standard InChI is InChI=1S/C6H9NO2/c1-4-2-3-5(7-4)6(8)9/h3-4,7H,2H2,1H3,(H,8,9). The number of carbonyl (C=O) groups is 1. The molecule has 0 saturated carbocycles. The van der Waals surface area contributed by atoms with Crippen LogP contribution in [0.25, 0.3) is 0 Å². The second kappa shape index (κ2) is 2.09. The van der Waals surface area contributed by atoms with Crippen LogP contribution < -0.4 is 5.32 Å². The number of aliphatic carboxylic acids is 1. The minimum absolute atomic E-state index is 0.288. The largest absolute Gasteiger partial charge is 0.477 e. The highest BCUT2D eigenvalue weighted by atomic mass is 16.4. The van der Waals surface area contributed by atoms with Crippen molar-refractivity contribution >= 4 is 5.97 Å². The fraction of sp³-hybridized carbons (Fsp3) is 0.500. The van der Waals surface area contributed by atoms with Gasteiger partial charge in [-0.3, -0.25) is 0 Å². The molecule has 1 unspecified atom stereocenters. The number of rotatable bonds is 1. The van der Waals surface area contributed by atoms with Gasteiger partial charge in [-0.1, -0.05) is 6.08 Å². The first-order valence-corrected chi connectivity index (χ1v) is 2.90. The molecule has 2 N–H and O–H groups in total. The predicted molar refractivity (Wildman–Crippen MR) is 32.9 cm³/mol. The molecule has 3 nitrogen and oxygen atoms in total. The number of nitrogens with one attached hydrogen (secondary N) is 1. The van der Waals surface area contributed by atoms with Crippen molar-refractivity contribution in [3.8, 4) is 0 Å². The summed E-state index contributed by atoms with van der Waals surface area (Å²) in [6.07, 6.45) is 2.52. The third kappa shape index (κ3) is 1.22. The molecular formula is C6H9NO2. The lowest BCUT2D eigenvalue weighted by Gasteiger charge is -2.02. The van der Waals surface area contributed by atoms with Crippen molar-refractivity contribution < 1.29 is 9.90 Å². The predicted octanol–water partition coefficient (Wildman–Crippen LogP) is 0.337. The van der Waals surface area contributed by atoms with Crippen molar-refractivity contribution in [1.29, 1.82) is 0 Å². The summed E-state index contributed by atoms with van der Waals surface area (Å²) in [5.74, 6) is -0.862. The molecule has 1 heterocycles. The van der Waals surface area contributed by atoms with E-state index in [0.717, 1.165) is 6.42 Å². The molecule has 0 aromatic heterocycles. The molecule has 0 bridgehead atoms. The second-order valence-corrected chi connectivity index (χ2v) is 2.20. The Labute approximate surface area is 53.4 Å². The van der Waals surface area contributed by atoms with Crippen molar-refractivity contribution in [2.24, 2.45) is 0 Å². The summed E-state index contributed by atoms with van der Waals surface area (Å²) in [6, 6.07) is 0.288. The zero-order valence-electron chi connectivity index (χ0n) is 5.22. The lowest BCUT2D eigenvalue weighted by molar-refractivity contribution is -0.133. The van der Waals surface area contributed by atoms with E-state index in [1.807, 2.05) is 6.92 Å². The van der Waals surface area contributed by atoms with Crippen LogP contribution in [0.15, 0.2) is 11.8 Å². The fourth-order valence-electron chi connectivity index (χ4n) is 0.827. The Morgan fingerprint density at radius 1 is 2.00 bits per heavy atom. The maximum Gasteiger partial charge on any atom is 0.351 e. The maximum absolute atomic E-state index is 10.2. The smallest absolute Gasteiger partial charge is 0.351 e. The Morgan fingerprint density at radius 2 is 2.67 bits per heavy atom. The highest BCUT2D eigenvalue weighted by Gasteiger charge is 2.15. The van der Waals surface area contributed by atoms with Crippen LogP contribution in [0.1, 0.15) is 13.3 Å². The average Bonchev–Trinajstić information content (AvgIpc) is 2.14. The van der Waals surface area contributed by atoms with Gasteiger partial charge in [0.05, 0.1) is 0 Å². The SMILES string of the molecule is CC1CC=C(C(=O)O)N1. The molecule has 0 amide bonds. The molecule has 1 aliphatic rings. The molecule has 1 rings (SSSR count). The monoisotopic (exact) mass is 127 g/mol. The van der Waals surface area contributed by atoms with Crippen LogP contribution in [0.5, 0.6) is 0 Å². The number of carboxylic acid groups (broad SMARTS) is 1. The highest BCUT2D eigenvalue weighted by molar-refractivity contribution is 5.86. The molecule has 0 spiro atoms. The van der Waals surface area contributed by atoms with Crippen LogP contribution in [-0.4, -0.2) is 17.1 Å². The molecule has 0 aromatic rings. The van der Waals surface area contributed by atoms with Gasteiger partial charge in [0.2, 0.25) is 0 Å². The van der Waals surface area contributed by atoms with E-state index in [9.17, 15) is 4.79 Å². The molecule has 0 radical (unpaired) electrons.